The van der Waals surface area contributed by atoms with Gasteiger partial charge in [0.1, 0.15) is 16.4 Å². The quantitative estimate of drug-likeness (QED) is 0.745. The van der Waals surface area contributed by atoms with E-state index in [-0.39, 0.29) is 17.3 Å². The molecule has 0 aliphatic rings. The summed E-state index contributed by atoms with van der Waals surface area (Å²) in [6.45, 7) is 3.39. The molecule has 3 aromatic rings. The van der Waals surface area contributed by atoms with E-state index in [1.807, 2.05) is 6.07 Å². The van der Waals surface area contributed by atoms with Gasteiger partial charge in [-0.25, -0.2) is 9.97 Å². The molecule has 3 rings (SSSR count). The highest BCUT2D eigenvalue weighted by Gasteiger charge is 2.17. The van der Waals surface area contributed by atoms with Crippen LogP contribution in [-0.2, 0) is 6.54 Å². The van der Waals surface area contributed by atoms with Crippen molar-refractivity contribution in [2.75, 3.05) is 0 Å². The molecule has 0 aliphatic carbocycles. The average Bonchev–Trinajstić information content (AvgIpc) is 2.49. The Morgan fingerprint density at radius 1 is 1.39 bits per heavy atom. The Bertz CT molecular complexity index is 917. The predicted molar refractivity (Wildman–Crippen MR) is 88.3 cm³/mol. The average molecular weight is 331 g/mol. The number of nitrogens with zero attached hydrogens (tertiary/aromatic N) is 4. The molecule has 0 fully saturated rings. The smallest absolute Gasteiger partial charge is 0.261 e. The van der Waals surface area contributed by atoms with Gasteiger partial charge in [-0.2, -0.15) is 0 Å². The van der Waals surface area contributed by atoms with Gasteiger partial charge in [0, 0.05) is 18.0 Å². The van der Waals surface area contributed by atoms with Crippen LogP contribution >= 0.6 is 11.6 Å². The molecule has 23 heavy (non-hydrogen) atoms. The van der Waals surface area contributed by atoms with Crippen LogP contribution in [0.25, 0.3) is 22.2 Å². The first-order valence-corrected chi connectivity index (χ1v) is 7.41. The monoisotopic (exact) mass is 330 g/mol. The molecular weight excluding hydrogens is 316 g/mol. The molecule has 1 N–H and O–H groups in total. The molecule has 0 aliphatic heterocycles. The number of aliphatic hydroxyl groups is 1. The van der Waals surface area contributed by atoms with Gasteiger partial charge in [0.05, 0.1) is 23.9 Å². The van der Waals surface area contributed by atoms with Gasteiger partial charge in [0.25, 0.3) is 5.56 Å². The van der Waals surface area contributed by atoms with E-state index in [4.69, 9.17) is 11.6 Å². The zero-order valence-corrected chi connectivity index (χ0v) is 13.4. The summed E-state index contributed by atoms with van der Waals surface area (Å²) in [5.74, 6) is 0. The summed E-state index contributed by atoms with van der Waals surface area (Å²) >= 11 is 6.07. The minimum Gasteiger partial charge on any atom is -0.389 e. The predicted octanol–water partition coefficient (Wildman–Crippen LogP) is 2.28. The molecule has 0 radical (unpaired) electrons. The molecule has 3 aromatic heterocycles. The van der Waals surface area contributed by atoms with E-state index in [1.165, 1.54) is 17.0 Å². The number of hydrogen-bond donors (Lipinski definition) is 1. The second-order valence-electron chi connectivity index (χ2n) is 5.92. The summed E-state index contributed by atoms with van der Waals surface area (Å²) in [4.78, 5) is 25.3. The van der Waals surface area contributed by atoms with Gasteiger partial charge < -0.3 is 5.11 Å². The van der Waals surface area contributed by atoms with Crippen molar-refractivity contribution in [1.29, 1.82) is 0 Å². The third-order valence-electron chi connectivity index (χ3n) is 3.27. The maximum atomic E-state index is 12.7. The summed E-state index contributed by atoms with van der Waals surface area (Å²) in [5, 5.41) is 10.5. The molecule has 7 heteroatoms. The number of aromatic nitrogens is 4. The zero-order valence-electron chi connectivity index (χ0n) is 12.7. The van der Waals surface area contributed by atoms with E-state index < -0.39 is 5.60 Å². The van der Waals surface area contributed by atoms with Crippen LogP contribution in [0, 0.1) is 0 Å². The van der Waals surface area contributed by atoms with Crippen molar-refractivity contribution >= 4 is 22.5 Å². The lowest BCUT2D eigenvalue weighted by molar-refractivity contribution is 0.0603. The van der Waals surface area contributed by atoms with E-state index in [0.29, 0.717) is 16.6 Å². The molecule has 0 amide bonds. The largest absolute Gasteiger partial charge is 0.389 e. The number of hydrogen-bond acceptors (Lipinski definition) is 5. The Hall–Kier alpha value is -2.31. The summed E-state index contributed by atoms with van der Waals surface area (Å²) in [6, 6.07) is 5.10. The Morgan fingerprint density at radius 3 is 2.83 bits per heavy atom. The van der Waals surface area contributed by atoms with Crippen LogP contribution in [0.4, 0.5) is 0 Å². The normalized spacial score (nSPS) is 11.8. The molecule has 0 saturated carbocycles. The highest BCUT2D eigenvalue weighted by Crippen LogP contribution is 2.25. The van der Waals surface area contributed by atoms with E-state index in [2.05, 4.69) is 15.0 Å². The number of pyridine rings is 2. The van der Waals surface area contributed by atoms with Crippen molar-refractivity contribution in [3.8, 4) is 11.3 Å². The highest BCUT2D eigenvalue weighted by atomic mass is 35.5. The van der Waals surface area contributed by atoms with Gasteiger partial charge in [-0.1, -0.05) is 11.6 Å². The van der Waals surface area contributed by atoms with Gasteiger partial charge >= 0.3 is 0 Å². The van der Waals surface area contributed by atoms with E-state index in [0.717, 1.165) is 5.56 Å². The molecule has 118 valence electrons. The second kappa shape index (κ2) is 5.72. The fourth-order valence-electron chi connectivity index (χ4n) is 2.37. The SMILES string of the molecule is CC(C)(O)Cn1cnc2c(-c3cccnc3)nc(Cl)cc2c1=O. The van der Waals surface area contributed by atoms with Crippen LogP contribution < -0.4 is 5.56 Å². The Kier molecular flexibility index (Phi) is 3.87. The lowest BCUT2D eigenvalue weighted by atomic mass is 10.1. The minimum absolute atomic E-state index is 0.136. The van der Waals surface area contributed by atoms with Gasteiger partial charge in [-0.15, -0.1) is 0 Å². The topological polar surface area (TPSA) is 80.9 Å². The van der Waals surface area contributed by atoms with Crippen molar-refractivity contribution < 1.29 is 5.11 Å². The van der Waals surface area contributed by atoms with Crippen LogP contribution in [-0.4, -0.2) is 30.2 Å². The van der Waals surface area contributed by atoms with Crippen LogP contribution in [0.3, 0.4) is 0 Å². The van der Waals surface area contributed by atoms with Crippen molar-refractivity contribution in [2.45, 2.75) is 26.0 Å². The van der Waals surface area contributed by atoms with Gasteiger partial charge in [-0.05, 0) is 32.0 Å². The van der Waals surface area contributed by atoms with E-state index in [9.17, 15) is 9.90 Å². The first-order valence-electron chi connectivity index (χ1n) is 7.04. The molecule has 0 unspecified atom stereocenters. The highest BCUT2D eigenvalue weighted by molar-refractivity contribution is 6.30. The zero-order chi connectivity index (χ0) is 16.6. The molecule has 6 nitrogen and oxygen atoms in total. The summed E-state index contributed by atoms with van der Waals surface area (Å²) in [7, 11) is 0. The van der Waals surface area contributed by atoms with Gasteiger partial charge in [-0.3, -0.25) is 14.3 Å². The Morgan fingerprint density at radius 2 is 2.17 bits per heavy atom. The maximum absolute atomic E-state index is 12.7. The molecule has 0 saturated heterocycles. The van der Waals surface area contributed by atoms with Crippen LogP contribution in [0.15, 0.2) is 41.7 Å². The number of rotatable bonds is 3. The van der Waals surface area contributed by atoms with E-state index >= 15 is 0 Å². The standard InChI is InChI=1S/C16H15ClN4O2/c1-16(2,23)8-21-9-19-14-11(15(21)22)6-12(17)20-13(14)10-4-3-5-18-7-10/h3-7,9,23H,8H2,1-2H3. The molecule has 0 spiro atoms. The molecule has 0 atom stereocenters. The van der Waals surface area contributed by atoms with E-state index in [1.54, 1.807) is 32.3 Å². The lowest BCUT2D eigenvalue weighted by Crippen LogP contribution is -2.32. The first kappa shape index (κ1) is 15.6. The number of fused-ring (bicyclic) bond motifs is 1. The third kappa shape index (κ3) is 3.23. The fraction of sp³-hybridized carbons (Fsp3) is 0.250. The minimum atomic E-state index is -1.03. The lowest BCUT2D eigenvalue weighted by Gasteiger charge is -2.18. The van der Waals surface area contributed by atoms with Crippen LogP contribution in [0.5, 0.6) is 0 Å². The summed E-state index contributed by atoms with van der Waals surface area (Å²) in [6.07, 6.45) is 4.71. The third-order valence-corrected chi connectivity index (χ3v) is 3.46. The van der Waals surface area contributed by atoms with Gasteiger partial charge in [0.15, 0.2) is 0 Å². The molecule has 3 heterocycles. The van der Waals surface area contributed by atoms with Crippen molar-refractivity contribution in [2.24, 2.45) is 0 Å². The van der Waals surface area contributed by atoms with Gasteiger partial charge in [0.2, 0.25) is 0 Å². The second-order valence-corrected chi connectivity index (χ2v) is 6.31. The van der Waals surface area contributed by atoms with Crippen molar-refractivity contribution in [3.05, 3.63) is 52.4 Å². The Balaban J connectivity index is 2.26. The molecule has 0 aromatic carbocycles. The Labute approximate surface area is 137 Å². The summed E-state index contributed by atoms with van der Waals surface area (Å²) in [5.41, 5.74) is 0.397. The van der Waals surface area contributed by atoms with Crippen molar-refractivity contribution in [1.82, 2.24) is 19.5 Å². The maximum Gasteiger partial charge on any atom is 0.261 e. The molecular formula is C16H15ClN4O2. The molecule has 0 bridgehead atoms. The summed E-state index contributed by atoms with van der Waals surface area (Å²) < 4.78 is 1.37. The van der Waals surface area contributed by atoms with Crippen LogP contribution in [0.2, 0.25) is 5.15 Å². The van der Waals surface area contributed by atoms with Crippen LogP contribution in [0.1, 0.15) is 13.8 Å². The first-order chi connectivity index (χ1) is 10.8. The number of halogens is 1. The fourth-order valence-corrected chi connectivity index (χ4v) is 2.56. The van der Waals surface area contributed by atoms with Crippen molar-refractivity contribution in [3.63, 3.8) is 0 Å².